The van der Waals surface area contributed by atoms with Crippen LogP contribution >= 0.6 is 11.6 Å². The number of ether oxygens (including phenoxy) is 1. The van der Waals surface area contributed by atoms with Gasteiger partial charge < -0.3 is 24.2 Å². The van der Waals surface area contributed by atoms with Crippen LogP contribution in [-0.4, -0.2) is 55.7 Å². The molecule has 12 nitrogen and oxygen atoms in total. The van der Waals surface area contributed by atoms with Crippen LogP contribution in [0.5, 0.6) is 5.75 Å². The molecule has 0 aliphatic heterocycles. The summed E-state index contributed by atoms with van der Waals surface area (Å²) in [6.07, 6.45) is 3.17. The van der Waals surface area contributed by atoms with Gasteiger partial charge >= 0.3 is 0 Å². The number of imidazole rings is 2. The third kappa shape index (κ3) is 8.11. The molecule has 0 fully saturated rings. The minimum absolute atomic E-state index is 0.358. The zero-order valence-corrected chi connectivity index (χ0v) is 29.1. The predicted octanol–water partition coefficient (Wildman–Crippen LogP) is 8.10. The number of aromatic amines is 2. The second kappa shape index (κ2) is 14.8. The summed E-state index contributed by atoms with van der Waals surface area (Å²) in [7, 11) is 0. The molecule has 0 amide bonds. The Kier molecular flexibility index (Phi) is 10.1. The molecule has 0 bridgehead atoms. The molecular weight excluding hydrogens is 654 g/mol. The molecule has 0 saturated carbocycles. The molecule has 0 aliphatic rings. The molecule has 8 aromatic rings. The van der Waals surface area contributed by atoms with Gasteiger partial charge in [0.25, 0.3) is 0 Å². The van der Waals surface area contributed by atoms with Crippen LogP contribution in [0.1, 0.15) is 38.4 Å². The molecule has 256 valence electrons. The van der Waals surface area contributed by atoms with E-state index < -0.39 is 12.3 Å². The highest BCUT2D eigenvalue weighted by Crippen LogP contribution is 2.30. The highest BCUT2D eigenvalue weighted by atomic mass is 35.5. The first-order valence-corrected chi connectivity index (χ1v) is 16.3. The molecule has 3 aromatic carbocycles. The number of H-pyrrole nitrogens is 2. The normalized spacial score (nSPS) is 12.5. The Balaban J connectivity index is 0.000000132. The van der Waals surface area contributed by atoms with E-state index >= 15 is 0 Å². The summed E-state index contributed by atoms with van der Waals surface area (Å²) in [5.74, 6) is 2.92. The average molecular weight is 692 g/mol. The molecule has 2 atom stereocenters. The number of halogens is 1. The summed E-state index contributed by atoms with van der Waals surface area (Å²) in [5, 5.41) is 19.6. The molecule has 8 rings (SSSR count). The van der Waals surface area contributed by atoms with Gasteiger partial charge in [0.05, 0.1) is 34.0 Å². The van der Waals surface area contributed by atoms with Crippen molar-refractivity contribution in [1.29, 1.82) is 0 Å². The summed E-state index contributed by atoms with van der Waals surface area (Å²) in [5.41, 5.74) is 5.70. The van der Waals surface area contributed by atoms with Gasteiger partial charge in [-0.15, -0.1) is 0 Å². The molecule has 0 saturated heterocycles. The fourth-order valence-electron chi connectivity index (χ4n) is 5.06. The number of nitrogens with zero attached hydrogens (tertiary/aromatic N) is 7. The summed E-state index contributed by atoms with van der Waals surface area (Å²) in [6, 6.07) is 28.6. The van der Waals surface area contributed by atoms with Crippen LogP contribution in [0.3, 0.4) is 0 Å². The summed E-state index contributed by atoms with van der Waals surface area (Å²) < 4.78 is 14.4. The smallest absolute Gasteiger partial charge is 0.229 e. The predicted molar refractivity (Wildman–Crippen MR) is 193 cm³/mol. The quantitative estimate of drug-likeness (QED) is 0.158. The van der Waals surface area contributed by atoms with Crippen molar-refractivity contribution >= 4 is 33.7 Å². The van der Waals surface area contributed by atoms with Gasteiger partial charge in [-0.3, -0.25) is 0 Å². The summed E-state index contributed by atoms with van der Waals surface area (Å²) in [4.78, 5) is 19.3. The largest absolute Gasteiger partial charge is 0.466 e. The van der Waals surface area contributed by atoms with E-state index in [1.54, 1.807) is 30.5 Å². The first-order chi connectivity index (χ1) is 24.0. The van der Waals surface area contributed by atoms with Crippen LogP contribution in [0.15, 0.2) is 114 Å². The van der Waals surface area contributed by atoms with E-state index in [1.807, 2.05) is 106 Å². The van der Waals surface area contributed by atoms with Crippen molar-refractivity contribution in [2.45, 2.75) is 47.0 Å². The molecule has 2 unspecified atom stereocenters. The standard InChI is InChI=1S/C14H18ClN3O2.C12H12N4.C11H8N2O/c1-14(2,3)12(19)13(18-9-16-8-17-18)20-11-6-4-10(15)5-7-11;1-8-7-9(2)16(15-8)12-13-10-5-3-4-6-11(10)14-12;1-2-5-9-8(4-1)12-11(13-9)10-6-3-7-14-10/h4-9,12-13,19H,1-3H3;3-7H,1-2H3,(H,13,14);1-7H,(H,12,13). The number of hydrogen-bond acceptors (Lipinski definition) is 8. The van der Waals surface area contributed by atoms with Crippen LogP contribution in [0.25, 0.3) is 39.6 Å². The second-order valence-electron chi connectivity index (χ2n) is 12.6. The second-order valence-corrected chi connectivity index (χ2v) is 13.1. The molecule has 5 aromatic heterocycles. The van der Waals surface area contributed by atoms with Crippen LogP contribution in [0.2, 0.25) is 5.02 Å². The summed E-state index contributed by atoms with van der Waals surface area (Å²) >= 11 is 5.85. The van der Waals surface area contributed by atoms with Crippen LogP contribution < -0.4 is 4.74 Å². The number of aliphatic hydroxyl groups is 1. The van der Waals surface area contributed by atoms with Crippen LogP contribution in [-0.2, 0) is 0 Å². The Labute approximate surface area is 293 Å². The average Bonchev–Trinajstić information content (AvgIpc) is 3.94. The number of furan rings is 1. The lowest BCUT2D eigenvalue weighted by Crippen LogP contribution is -2.38. The number of rotatable bonds is 6. The minimum Gasteiger partial charge on any atom is -0.466 e. The van der Waals surface area contributed by atoms with Gasteiger partial charge in [-0.2, -0.15) is 10.2 Å². The van der Waals surface area contributed by atoms with Gasteiger partial charge in [0.2, 0.25) is 12.2 Å². The number of aryl methyl sites for hydroxylation is 2. The molecule has 3 N–H and O–H groups in total. The van der Waals surface area contributed by atoms with Crippen molar-refractivity contribution in [2.75, 3.05) is 0 Å². The molecule has 5 heterocycles. The maximum Gasteiger partial charge on any atom is 0.229 e. The van der Waals surface area contributed by atoms with Crippen LogP contribution in [0.4, 0.5) is 0 Å². The number of aliphatic hydroxyl groups excluding tert-OH is 1. The maximum atomic E-state index is 10.5. The molecule has 0 radical (unpaired) electrons. The van der Waals surface area contributed by atoms with Crippen molar-refractivity contribution < 1.29 is 14.3 Å². The van der Waals surface area contributed by atoms with Gasteiger partial charge in [0, 0.05) is 10.7 Å². The minimum atomic E-state index is -0.750. The van der Waals surface area contributed by atoms with E-state index in [4.69, 9.17) is 20.8 Å². The fraction of sp³-hybridized carbons (Fsp3) is 0.216. The van der Waals surface area contributed by atoms with Crippen LogP contribution in [0, 0.1) is 19.3 Å². The number of para-hydroxylation sites is 4. The first kappa shape index (κ1) is 34.2. The Morgan fingerprint density at radius 1 is 0.860 bits per heavy atom. The monoisotopic (exact) mass is 691 g/mol. The lowest BCUT2D eigenvalue weighted by Gasteiger charge is -2.32. The molecule has 13 heteroatoms. The van der Waals surface area contributed by atoms with Crippen molar-refractivity contribution in [3.63, 3.8) is 0 Å². The zero-order valence-electron chi connectivity index (χ0n) is 28.3. The Morgan fingerprint density at radius 3 is 2.10 bits per heavy atom. The van der Waals surface area contributed by atoms with E-state index in [-0.39, 0.29) is 5.41 Å². The first-order valence-electron chi connectivity index (χ1n) is 16.0. The van der Waals surface area contributed by atoms with E-state index in [2.05, 4.69) is 35.1 Å². The van der Waals surface area contributed by atoms with E-state index in [0.29, 0.717) is 10.8 Å². The number of benzene rings is 3. The summed E-state index contributed by atoms with van der Waals surface area (Å²) in [6.45, 7) is 9.81. The lowest BCUT2D eigenvalue weighted by atomic mass is 9.88. The highest BCUT2D eigenvalue weighted by molar-refractivity contribution is 6.30. The lowest BCUT2D eigenvalue weighted by molar-refractivity contribution is -0.0731. The number of nitrogens with one attached hydrogen (secondary N) is 2. The fourth-order valence-corrected chi connectivity index (χ4v) is 5.18. The van der Waals surface area contributed by atoms with Crippen molar-refractivity contribution in [3.05, 3.63) is 126 Å². The number of fused-ring (bicyclic) bond motifs is 2. The molecule has 50 heavy (non-hydrogen) atoms. The Hall–Kier alpha value is -5.72. The SMILES string of the molecule is CC(C)(C)C(O)C(Oc1ccc(Cl)cc1)n1cncn1.Cc1cc(C)n(-c2nc3ccccc3[nH]2)n1.c1coc(-c2nc3ccccc3[nH]2)c1. The molecular formula is C37H38ClN9O3. The highest BCUT2D eigenvalue weighted by Gasteiger charge is 2.34. The third-order valence-corrected chi connectivity index (χ3v) is 7.91. The number of hydrogen-bond donors (Lipinski definition) is 3. The maximum absolute atomic E-state index is 10.5. The molecule has 0 aliphatic carbocycles. The van der Waals surface area contributed by atoms with E-state index in [1.165, 1.54) is 17.3 Å². The topological polar surface area (TPSA) is 148 Å². The van der Waals surface area contributed by atoms with E-state index in [0.717, 1.165) is 51.0 Å². The third-order valence-electron chi connectivity index (χ3n) is 7.66. The van der Waals surface area contributed by atoms with Gasteiger partial charge in [-0.1, -0.05) is 56.6 Å². The Morgan fingerprint density at radius 2 is 1.54 bits per heavy atom. The van der Waals surface area contributed by atoms with Crippen molar-refractivity contribution in [3.8, 4) is 23.3 Å². The van der Waals surface area contributed by atoms with E-state index in [9.17, 15) is 5.11 Å². The van der Waals surface area contributed by atoms with Gasteiger partial charge in [0.1, 0.15) is 24.5 Å². The molecule has 0 spiro atoms. The number of aromatic nitrogens is 9. The van der Waals surface area contributed by atoms with Gasteiger partial charge in [-0.05, 0) is 86.0 Å². The Bertz CT molecular complexity index is 2180. The van der Waals surface area contributed by atoms with Gasteiger partial charge in [0.15, 0.2) is 11.6 Å². The van der Waals surface area contributed by atoms with Crippen molar-refractivity contribution in [2.24, 2.45) is 5.41 Å². The zero-order chi connectivity index (χ0) is 35.3. The van der Waals surface area contributed by atoms with Crippen molar-refractivity contribution in [1.82, 2.24) is 44.5 Å². The van der Waals surface area contributed by atoms with Gasteiger partial charge in [-0.25, -0.2) is 24.3 Å².